The molecule has 1 N–H and O–H groups in total. The molecular weight excluding hydrogens is 246 g/mol. The molecule has 6 nitrogen and oxygen atoms in total. The molecule has 1 unspecified atom stereocenters. The van der Waals surface area contributed by atoms with Crippen molar-refractivity contribution < 1.29 is 14.6 Å². The Balaban J connectivity index is 2.63. The van der Waals surface area contributed by atoms with Crippen LogP contribution in [-0.2, 0) is 16.0 Å². The maximum atomic E-state index is 11.7. The van der Waals surface area contributed by atoms with Gasteiger partial charge in [-0.15, -0.1) is 5.10 Å². The van der Waals surface area contributed by atoms with Gasteiger partial charge in [0.15, 0.2) is 6.04 Å². The van der Waals surface area contributed by atoms with Crippen LogP contribution in [0.15, 0.2) is 6.20 Å². The normalized spacial score (nSPS) is 12.7. The largest absolute Gasteiger partial charge is 0.467 e. The van der Waals surface area contributed by atoms with E-state index in [0.29, 0.717) is 0 Å². The number of hydrogen-bond donors (Lipinski definition) is 1. The number of carbonyl (C=O) groups excluding carboxylic acids is 1. The van der Waals surface area contributed by atoms with E-state index >= 15 is 0 Å². The molecule has 0 amide bonds. The van der Waals surface area contributed by atoms with Crippen molar-refractivity contribution in [3.63, 3.8) is 0 Å². The first-order valence-corrected chi connectivity index (χ1v) is 6.69. The van der Waals surface area contributed by atoms with Gasteiger partial charge in [-0.25, -0.2) is 9.48 Å². The fourth-order valence-corrected chi connectivity index (χ4v) is 1.96. The number of aliphatic hydroxyl groups is 1. The highest BCUT2D eigenvalue weighted by molar-refractivity contribution is 5.74. The van der Waals surface area contributed by atoms with Gasteiger partial charge in [-0.1, -0.05) is 25.5 Å². The number of unbranched alkanes of at least 4 members (excludes halogenated alkanes) is 2. The summed E-state index contributed by atoms with van der Waals surface area (Å²) in [5.41, 5.74) is 0.868. The second kappa shape index (κ2) is 7.89. The molecule has 1 aromatic rings. The van der Waals surface area contributed by atoms with E-state index in [0.717, 1.165) is 31.4 Å². The van der Waals surface area contributed by atoms with Crippen molar-refractivity contribution in [3.8, 4) is 0 Å². The van der Waals surface area contributed by atoms with Crippen molar-refractivity contribution >= 4 is 5.97 Å². The van der Waals surface area contributed by atoms with Crippen molar-refractivity contribution in [2.45, 2.75) is 45.6 Å². The van der Waals surface area contributed by atoms with Gasteiger partial charge in [0.1, 0.15) is 0 Å². The first-order chi connectivity index (χ1) is 9.10. The Labute approximate surface area is 113 Å². The van der Waals surface area contributed by atoms with Crippen LogP contribution in [0.2, 0.25) is 0 Å². The van der Waals surface area contributed by atoms with Crippen molar-refractivity contribution in [1.82, 2.24) is 15.0 Å². The van der Waals surface area contributed by atoms with Crippen molar-refractivity contribution in [3.05, 3.63) is 11.9 Å². The summed E-state index contributed by atoms with van der Waals surface area (Å²) in [6, 6.07) is -0.427. The molecule has 1 rings (SSSR count). The number of rotatable bonds is 8. The molecule has 0 bridgehead atoms. The van der Waals surface area contributed by atoms with E-state index in [1.807, 2.05) is 13.8 Å². The number of hydrogen-bond acceptors (Lipinski definition) is 5. The lowest BCUT2D eigenvalue weighted by atomic mass is 10.1. The number of esters is 1. The summed E-state index contributed by atoms with van der Waals surface area (Å²) in [6.07, 6.45) is 5.36. The van der Waals surface area contributed by atoms with Gasteiger partial charge in [-0.05, 0) is 25.2 Å². The van der Waals surface area contributed by atoms with E-state index < -0.39 is 6.04 Å². The van der Waals surface area contributed by atoms with Crippen molar-refractivity contribution in [2.75, 3.05) is 13.7 Å². The first kappa shape index (κ1) is 15.6. The predicted octanol–water partition coefficient (Wildman–Crippen LogP) is 1.35. The minimum atomic E-state index is -0.427. The molecule has 0 aliphatic heterocycles. The van der Waals surface area contributed by atoms with Gasteiger partial charge < -0.3 is 9.84 Å². The molecule has 0 saturated carbocycles. The molecule has 0 radical (unpaired) electrons. The molecular formula is C13H23N3O3. The van der Waals surface area contributed by atoms with E-state index in [1.54, 1.807) is 10.9 Å². The van der Waals surface area contributed by atoms with Gasteiger partial charge in [0, 0.05) is 12.8 Å². The maximum absolute atomic E-state index is 11.7. The number of ether oxygens (including phenoxy) is 1. The molecule has 0 aliphatic carbocycles. The van der Waals surface area contributed by atoms with Crippen LogP contribution < -0.4 is 0 Å². The summed E-state index contributed by atoms with van der Waals surface area (Å²) < 4.78 is 6.38. The molecule has 0 fully saturated rings. The lowest BCUT2D eigenvalue weighted by molar-refractivity contribution is -0.146. The topological polar surface area (TPSA) is 77.2 Å². The summed E-state index contributed by atoms with van der Waals surface area (Å²) in [4.78, 5) is 11.7. The summed E-state index contributed by atoms with van der Waals surface area (Å²) in [6.45, 7) is 4.12. The highest BCUT2D eigenvalue weighted by Gasteiger charge is 2.26. The summed E-state index contributed by atoms with van der Waals surface area (Å²) >= 11 is 0. The van der Waals surface area contributed by atoms with E-state index in [2.05, 4.69) is 10.3 Å². The number of aromatic nitrogens is 3. The summed E-state index contributed by atoms with van der Waals surface area (Å²) in [7, 11) is 1.38. The molecule has 1 aromatic heterocycles. The average molecular weight is 269 g/mol. The molecule has 108 valence electrons. The van der Waals surface area contributed by atoms with E-state index in [1.165, 1.54) is 7.11 Å². The second-order valence-electron chi connectivity index (χ2n) is 4.94. The molecule has 0 saturated heterocycles. The fourth-order valence-electron chi connectivity index (χ4n) is 1.96. The third-order valence-electron chi connectivity index (χ3n) is 3.01. The SMILES string of the molecule is COC(=O)C(C(C)C)n1cc(CCCCCO)nn1. The Morgan fingerprint density at radius 1 is 1.42 bits per heavy atom. The minimum absolute atomic E-state index is 0.0939. The van der Waals surface area contributed by atoms with Gasteiger partial charge >= 0.3 is 5.97 Å². The molecule has 6 heteroatoms. The van der Waals surface area contributed by atoms with E-state index in [4.69, 9.17) is 9.84 Å². The Bertz CT molecular complexity index is 390. The zero-order valence-corrected chi connectivity index (χ0v) is 11.9. The standard InChI is InChI=1S/C13H23N3O3/c1-10(2)12(13(18)19-3)16-9-11(14-15-16)7-5-4-6-8-17/h9-10,12,17H,4-8H2,1-3H3. The summed E-state index contributed by atoms with van der Waals surface area (Å²) in [5, 5.41) is 16.8. The molecule has 19 heavy (non-hydrogen) atoms. The van der Waals surface area contributed by atoms with Crippen molar-refractivity contribution in [2.24, 2.45) is 5.92 Å². The Hall–Kier alpha value is -1.43. The summed E-state index contributed by atoms with van der Waals surface area (Å²) in [5.74, 6) is -0.205. The Morgan fingerprint density at radius 2 is 2.16 bits per heavy atom. The maximum Gasteiger partial charge on any atom is 0.330 e. The van der Waals surface area contributed by atoms with Crippen molar-refractivity contribution in [1.29, 1.82) is 0 Å². The molecule has 1 atom stereocenters. The van der Waals surface area contributed by atoms with Crippen LogP contribution in [0.1, 0.15) is 44.8 Å². The smallest absolute Gasteiger partial charge is 0.330 e. The number of aliphatic hydroxyl groups excluding tert-OH is 1. The molecule has 0 spiro atoms. The van der Waals surface area contributed by atoms with Crippen LogP contribution in [0.4, 0.5) is 0 Å². The average Bonchev–Trinajstić information content (AvgIpc) is 2.82. The molecule has 0 aromatic carbocycles. The van der Waals surface area contributed by atoms with Crippen LogP contribution in [0.5, 0.6) is 0 Å². The van der Waals surface area contributed by atoms with Crippen LogP contribution >= 0.6 is 0 Å². The third-order valence-corrected chi connectivity index (χ3v) is 3.01. The third kappa shape index (κ3) is 4.63. The quantitative estimate of drug-likeness (QED) is 0.569. The van der Waals surface area contributed by atoms with Crippen LogP contribution in [0.3, 0.4) is 0 Å². The number of aryl methyl sites for hydroxylation is 1. The van der Waals surface area contributed by atoms with Gasteiger partial charge in [0.05, 0.1) is 12.8 Å². The number of nitrogens with zero attached hydrogens (tertiary/aromatic N) is 3. The Morgan fingerprint density at radius 3 is 2.74 bits per heavy atom. The Kier molecular flexibility index (Phi) is 6.49. The van der Waals surface area contributed by atoms with Crippen LogP contribution in [0, 0.1) is 5.92 Å². The highest BCUT2D eigenvalue weighted by atomic mass is 16.5. The van der Waals surface area contributed by atoms with Crippen LogP contribution in [0.25, 0.3) is 0 Å². The van der Waals surface area contributed by atoms with E-state index in [-0.39, 0.29) is 18.5 Å². The van der Waals surface area contributed by atoms with E-state index in [9.17, 15) is 4.79 Å². The number of methoxy groups -OCH3 is 1. The van der Waals surface area contributed by atoms with Gasteiger partial charge in [0.2, 0.25) is 0 Å². The van der Waals surface area contributed by atoms with Gasteiger partial charge in [-0.3, -0.25) is 0 Å². The molecule has 0 aliphatic rings. The monoisotopic (exact) mass is 269 g/mol. The zero-order valence-electron chi connectivity index (χ0n) is 11.9. The molecule has 1 heterocycles. The highest BCUT2D eigenvalue weighted by Crippen LogP contribution is 2.18. The predicted molar refractivity (Wildman–Crippen MR) is 70.6 cm³/mol. The fraction of sp³-hybridized carbons (Fsp3) is 0.769. The van der Waals surface area contributed by atoms with Crippen LogP contribution in [-0.4, -0.2) is 39.8 Å². The number of carbonyl (C=O) groups is 1. The van der Waals surface area contributed by atoms with Gasteiger partial charge in [-0.2, -0.15) is 0 Å². The lowest BCUT2D eigenvalue weighted by Crippen LogP contribution is -2.26. The second-order valence-corrected chi connectivity index (χ2v) is 4.94. The first-order valence-electron chi connectivity index (χ1n) is 6.69. The lowest BCUT2D eigenvalue weighted by Gasteiger charge is -2.17. The zero-order chi connectivity index (χ0) is 14.3. The minimum Gasteiger partial charge on any atom is -0.467 e. The van der Waals surface area contributed by atoms with Gasteiger partial charge in [0.25, 0.3) is 0 Å².